The minimum absolute atomic E-state index is 0.383. The minimum Gasteiger partial charge on any atom is -0.381 e. The van der Waals surface area contributed by atoms with Crippen LogP contribution in [0.5, 0.6) is 0 Å². The van der Waals surface area contributed by atoms with E-state index in [9.17, 15) is 0 Å². The maximum atomic E-state index is 5.45. The molecule has 0 amide bonds. The predicted molar refractivity (Wildman–Crippen MR) is 85.2 cm³/mol. The highest BCUT2D eigenvalue weighted by Crippen LogP contribution is 2.30. The van der Waals surface area contributed by atoms with Crippen LogP contribution in [0.3, 0.4) is 0 Å². The van der Waals surface area contributed by atoms with E-state index in [4.69, 9.17) is 14.7 Å². The number of nitrogens with zero attached hydrogens (tertiary/aromatic N) is 2. The summed E-state index contributed by atoms with van der Waals surface area (Å²) < 4.78 is 6.45. The van der Waals surface area contributed by atoms with Crippen LogP contribution in [0.2, 0.25) is 0 Å². The standard InChI is InChI=1S/C15H24BrN3O/c1-4-6-17-15-13(16)14(10(2)3)18-12(19-15)8-11-5-7-20-9-11/h10-11H,4-9H2,1-3H3,(H,17,18,19). The molecule has 1 aliphatic rings. The van der Waals surface area contributed by atoms with E-state index in [2.05, 4.69) is 42.0 Å². The molecule has 20 heavy (non-hydrogen) atoms. The lowest BCUT2D eigenvalue weighted by Crippen LogP contribution is -2.13. The molecule has 112 valence electrons. The molecule has 1 saturated heterocycles. The molecule has 1 atom stereocenters. The normalized spacial score (nSPS) is 18.8. The van der Waals surface area contributed by atoms with Crippen LogP contribution >= 0.6 is 15.9 Å². The molecule has 5 heteroatoms. The molecule has 2 heterocycles. The number of anilines is 1. The Labute approximate surface area is 129 Å². The highest BCUT2D eigenvalue weighted by Gasteiger charge is 2.20. The van der Waals surface area contributed by atoms with Gasteiger partial charge in [-0.15, -0.1) is 0 Å². The van der Waals surface area contributed by atoms with E-state index < -0.39 is 0 Å². The van der Waals surface area contributed by atoms with Crippen molar-refractivity contribution < 1.29 is 4.74 Å². The van der Waals surface area contributed by atoms with E-state index in [0.29, 0.717) is 11.8 Å². The Balaban J connectivity index is 2.23. The van der Waals surface area contributed by atoms with Gasteiger partial charge in [0.2, 0.25) is 0 Å². The molecule has 0 spiro atoms. The summed E-state index contributed by atoms with van der Waals surface area (Å²) >= 11 is 3.65. The van der Waals surface area contributed by atoms with Crippen molar-refractivity contribution in [2.24, 2.45) is 5.92 Å². The zero-order valence-electron chi connectivity index (χ0n) is 12.6. The summed E-state index contributed by atoms with van der Waals surface area (Å²) in [5.41, 5.74) is 1.09. The quantitative estimate of drug-likeness (QED) is 0.855. The van der Waals surface area contributed by atoms with Crippen molar-refractivity contribution in [3.05, 3.63) is 16.0 Å². The summed E-state index contributed by atoms with van der Waals surface area (Å²) in [7, 11) is 0. The van der Waals surface area contributed by atoms with Gasteiger partial charge >= 0.3 is 0 Å². The van der Waals surface area contributed by atoms with Gasteiger partial charge < -0.3 is 10.1 Å². The van der Waals surface area contributed by atoms with E-state index in [0.717, 1.165) is 60.8 Å². The lowest BCUT2D eigenvalue weighted by molar-refractivity contribution is 0.185. The lowest BCUT2D eigenvalue weighted by atomic mass is 10.0. The summed E-state index contributed by atoms with van der Waals surface area (Å²) in [5, 5.41) is 3.39. The maximum absolute atomic E-state index is 5.45. The van der Waals surface area contributed by atoms with Gasteiger partial charge in [0.1, 0.15) is 11.6 Å². The molecule has 0 radical (unpaired) electrons. The second kappa shape index (κ2) is 7.36. The van der Waals surface area contributed by atoms with Crippen molar-refractivity contribution in [2.45, 2.75) is 46.0 Å². The fraction of sp³-hybridized carbons (Fsp3) is 0.733. The molecule has 4 nitrogen and oxygen atoms in total. The Bertz CT molecular complexity index is 445. The third-order valence-electron chi connectivity index (χ3n) is 3.51. The van der Waals surface area contributed by atoms with Gasteiger partial charge in [0.05, 0.1) is 10.2 Å². The van der Waals surface area contributed by atoms with Gasteiger partial charge in [0.25, 0.3) is 0 Å². The van der Waals surface area contributed by atoms with Crippen LogP contribution < -0.4 is 5.32 Å². The van der Waals surface area contributed by atoms with Crippen molar-refractivity contribution >= 4 is 21.7 Å². The van der Waals surface area contributed by atoms with E-state index in [1.54, 1.807) is 0 Å². The van der Waals surface area contributed by atoms with Crippen molar-refractivity contribution in [1.29, 1.82) is 0 Å². The fourth-order valence-corrected chi connectivity index (χ4v) is 3.12. The zero-order chi connectivity index (χ0) is 14.5. The Morgan fingerprint density at radius 2 is 2.20 bits per heavy atom. The molecule has 0 bridgehead atoms. The van der Waals surface area contributed by atoms with E-state index in [1.165, 1.54) is 0 Å². The number of nitrogens with one attached hydrogen (secondary N) is 1. The topological polar surface area (TPSA) is 47.0 Å². The SMILES string of the molecule is CCCNc1nc(CC2CCOC2)nc(C(C)C)c1Br. The molecule has 2 rings (SSSR count). The van der Waals surface area contributed by atoms with Crippen molar-refractivity contribution in [3.63, 3.8) is 0 Å². The Morgan fingerprint density at radius 1 is 1.40 bits per heavy atom. The Kier molecular flexibility index (Phi) is 5.78. The average molecular weight is 342 g/mol. The van der Waals surface area contributed by atoms with Crippen LogP contribution in [-0.2, 0) is 11.2 Å². The van der Waals surface area contributed by atoms with Crippen molar-refractivity contribution in [1.82, 2.24) is 9.97 Å². The molecule has 1 aromatic heterocycles. The summed E-state index contributed by atoms with van der Waals surface area (Å²) in [4.78, 5) is 9.44. The van der Waals surface area contributed by atoms with Crippen LogP contribution in [0, 0.1) is 5.92 Å². The highest BCUT2D eigenvalue weighted by molar-refractivity contribution is 9.10. The van der Waals surface area contributed by atoms with Gasteiger partial charge in [0, 0.05) is 26.2 Å². The van der Waals surface area contributed by atoms with Crippen molar-refractivity contribution in [3.8, 4) is 0 Å². The van der Waals surface area contributed by atoms with Gasteiger partial charge in [-0.25, -0.2) is 9.97 Å². The van der Waals surface area contributed by atoms with Gasteiger partial charge in [-0.3, -0.25) is 0 Å². The fourth-order valence-electron chi connectivity index (χ4n) is 2.35. The lowest BCUT2D eigenvalue weighted by Gasteiger charge is -2.16. The van der Waals surface area contributed by atoms with Gasteiger partial charge in [-0.1, -0.05) is 20.8 Å². The summed E-state index contributed by atoms with van der Waals surface area (Å²) in [6, 6.07) is 0. The van der Waals surface area contributed by atoms with Crippen LogP contribution in [0.25, 0.3) is 0 Å². The first-order valence-electron chi connectivity index (χ1n) is 7.49. The van der Waals surface area contributed by atoms with Gasteiger partial charge in [-0.05, 0) is 40.6 Å². The summed E-state index contributed by atoms with van der Waals surface area (Å²) in [5.74, 6) is 2.81. The van der Waals surface area contributed by atoms with E-state index in [1.807, 2.05) is 0 Å². The predicted octanol–water partition coefficient (Wildman–Crippen LogP) is 3.76. The third-order valence-corrected chi connectivity index (χ3v) is 4.29. The molecule has 0 aliphatic carbocycles. The number of rotatable bonds is 6. The maximum Gasteiger partial charge on any atom is 0.144 e. The molecule has 1 unspecified atom stereocenters. The highest BCUT2D eigenvalue weighted by atomic mass is 79.9. The number of aromatic nitrogens is 2. The first-order valence-corrected chi connectivity index (χ1v) is 8.29. The number of halogens is 1. The number of ether oxygens (including phenoxy) is 1. The molecular weight excluding hydrogens is 318 g/mol. The second-order valence-corrected chi connectivity index (χ2v) is 6.50. The zero-order valence-corrected chi connectivity index (χ0v) is 14.2. The number of hydrogen-bond donors (Lipinski definition) is 1. The van der Waals surface area contributed by atoms with E-state index >= 15 is 0 Å². The molecule has 1 aromatic rings. The largest absolute Gasteiger partial charge is 0.381 e. The van der Waals surface area contributed by atoms with Crippen molar-refractivity contribution in [2.75, 3.05) is 25.1 Å². The minimum atomic E-state index is 0.383. The Hall–Kier alpha value is -0.680. The molecule has 1 N–H and O–H groups in total. The second-order valence-electron chi connectivity index (χ2n) is 5.70. The monoisotopic (exact) mass is 341 g/mol. The summed E-state index contributed by atoms with van der Waals surface area (Å²) in [6.45, 7) is 9.13. The molecular formula is C15H24BrN3O. The molecule has 0 saturated carbocycles. The smallest absolute Gasteiger partial charge is 0.144 e. The van der Waals surface area contributed by atoms with Gasteiger partial charge in [-0.2, -0.15) is 0 Å². The van der Waals surface area contributed by atoms with E-state index in [-0.39, 0.29) is 0 Å². The third kappa shape index (κ3) is 3.92. The Morgan fingerprint density at radius 3 is 2.80 bits per heavy atom. The van der Waals surface area contributed by atoms with Crippen LogP contribution in [-0.4, -0.2) is 29.7 Å². The average Bonchev–Trinajstić information content (AvgIpc) is 2.91. The van der Waals surface area contributed by atoms with Crippen LogP contribution in [0.15, 0.2) is 4.47 Å². The first-order chi connectivity index (χ1) is 9.61. The summed E-state index contributed by atoms with van der Waals surface area (Å²) in [6.07, 6.45) is 3.11. The molecule has 0 aromatic carbocycles. The van der Waals surface area contributed by atoms with Gasteiger partial charge in [0.15, 0.2) is 0 Å². The molecule has 1 aliphatic heterocycles. The van der Waals surface area contributed by atoms with Crippen LogP contribution in [0.1, 0.15) is 51.0 Å². The number of hydrogen-bond acceptors (Lipinski definition) is 4. The first kappa shape index (κ1) is 15.7. The van der Waals surface area contributed by atoms with Crippen LogP contribution in [0.4, 0.5) is 5.82 Å². The molecule has 1 fully saturated rings.